The van der Waals surface area contributed by atoms with Crippen LogP contribution >= 0.6 is 11.8 Å². The molecule has 6 heteroatoms. The molecule has 0 bridgehead atoms. The predicted molar refractivity (Wildman–Crippen MR) is 124 cm³/mol. The standard InChI is InChI=1S/C25H21N3O2S/c1-16-12-13-19-18(15-16)17(24(27-19)21-9-4-5-14-26-21)7-6-11-23(29)31-25-28-20-8-2-3-10-22(20)30-25/h2-5,8-10,12-15,27H,6-7,11H2,1H3. The quantitative estimate of drug-likeness (QED) is 0.321. The average Bonchev–Trinajstić information content (AvgIpc) is 3.35. The molecule has 0 saturated heterocycles. The summed E-state index contributed by atoms with van der Waals surface area (Å²) in [6.07, 6.45) is 3.78. The van der Waals surface area contributed by atoms with Gasteiger partial charge in [0.05, 0.1) is 11.4 Å². The first-order chi connectivity index (χ1) is 15.2. The number of para-hydroxylation sites is 2. The number of nitrogens with one attached hydrogen (secondary N) is 1. The summed E-state index contributed by atoms with van der Waals surface area (Å²) >= 11 is 1.08. The first-order valence-corrected chi connectivity index (χ1v) is 11.1. The van der Waals surface area contributed by atoms with Crippen LogP contribution in [0, 0.1) is 6.92 Å². The van der Waals surface area contributed by atoms with Crippen molar-refractivity contribution in [3.05, 3.63) is 78.0 Å². The van der Waals surface area contributed by atoms with Crippen LogP contribution in [-0.2, 0) is 11.2 Å². The Bertz CT molecular complexity index is 1340. The van der Waals surface area contributed by atoms with Crippen LogP contribution in [-0.4, -0.2) is 20.1 Å². The SMILES string of the molecule is Cc1ccc2[nH]c(-c3ccccn3)c(CCCC(=O)Sc3nc4ccccc4o3)c2c1. The topological polar surface area (TPSA) is 71.8 Å². The van der Waals surface area contributed by atoms with E-state index in [0.29, 0.717) is 17.2 Å². The van der Waals surface area contributed by atoms with E-state index in [1.54, 1.807) is 6.20 Å². The minimum Gasteiger partial charge on any atom is -0.431 e. The van der Waals surface area contributed by atoms with Gasteiger partial charge in [-0.2, -0.15) is 0 Å². The van der Waals surface area contributed by atoms with E-state index in [1.165, 1.54) is 16.5 Å². The number of carbonyl (C=O) groups is 1. The van der Waals surface area contributed by atoms with E-state index in [9.17, 15) is 4.79 Å². The fraction of sp³-hybridized carbons (Fsp3) is 0.160. The summed E-state index contributed by atoms with van der Waals surface area (Å²) in [7, 11) is 0. The maximum atomic E-state index is 12.5. The molecule has 0 fully saturated rings. The number of H-pyrrole nitrogens is 1. The lowest BCUT2D eigenvalue weighted by atomic mass is 10.0. The second kappa shape index (κ2) is 8.40. The number of rotatable bonds is 6. The van der Waals surface area contributed by atoms with E-state index in [1.807, 2.05) is 42.5 Å². The molecular formula is C25H21N3O2S. The number of pyridine rings is 1. The van der Waals surface area contributed by atoms with Crippen LogP contribution < -0.4 is 0 Å². The van der Waals surface area contributed by atoms with Crippen molar-refractivity contribution < 1.29 is 9.21 Å². The molecular weight excluding hydrogens is 406 g/mol. The van der Waals surface area contributed by atoms with E-state index in [0.717, 1.165) is 47.0 Å². The Labute approximate surface area is 183 Å². The molecule has 0 aliphatic carbocycles. The molecule has 0 amide bonds. The van der Waals surface area contributed by atoms with Gasteiger partial charge in [-0.15, -0.1) is 0 Å². The molecule has 0 aliphatic rings. The van der Waals surface area contributed by atoms with Gasteiger partial charge >= 0.3 is 0 Å². The zero-order valence-corrected chi connectivity index (χ0v) is 17.9. The Hall–Kier alpha value is -3.38. The molecule has 3 heterocycles. The van der Waals surface area contributed by atoms with E-state index >= 15 is 0 Å². The van der Waals surface area contributed by atoms with Crippen LogP contribution in [0.15, 0.2) is 76.5 Å². The molecule has 0 radical (unpaired) electrons. The number of carbonyl (C=O) groups excluding carboxylic acids is 1. The Balaban J connectivity index is 1.33. The van der Waals surface area contributed by atoms with Crippen LogP contribution in [0.5, 0.6) is 0 Å². The number of hydrogen-bond donors (Lipinski definition) is 1. The first-order valence-electron chi connectivity index (χ1n) is 10.3. The Morgan fingerprint density at radius 3 is 2.81 bits per heavy atom. The highest BCUT2D eigenvalue weighted by Gasteiger charge is 2.16. The molecule has 5 aromatic rings. The molecule has 3 aromatic heterocycles. The summed E-state index contributed by atoms with van der Waals surface area (Å²) in [4.78, 5) is 25.0. The third-order valence-corrected chi connectivity index (χ3v) is 6.05. The summed E-state index contributed by atoms with van der Waals surface area (Å²) in [5.41, 5.74) is 6.92. The maximum absolute atomic E-state index is 12.5. The lowest BCUT2D eigenvalue weighted by Crippen LogP contribution is -1.95. The van der Waals surface area contributed by atoms with Crippen molar-refractivity contribution in [1.82, 2.24) is 15.0 Å². The maximum Gasteiger partial charge on any atom is 0.264 e. The highest BCUT2D eigenvalue weighted by Crippen LogP contribution is 2.32. The minimum absolute atomic E-state index is 0.0574. The van der Waals surface area contributed by atoms with Gasteiger partial charge in [0.2, 0.25) is 0 Å². The third kappa shape index (κ3) is 4.11. The van der Waals surface area contributed by atoms with Crippen LogP contribution in [0.1, 0.15) is 24.0 Å². The van der Waals surface area contributed by atoms with Crippen molar-refractivity contribution in [1.29, 1.82) is 0 Å². The van der Waals surface area contributed by atoms with Gasteiger partial charge in [-0.1, -0.05) is 29.8 Å². The van der Waals surface area contributed by atoms with Crippen LogP contribution in [0.25, 0.3) is 33.4 Å². The van der Waals surface area contributed by atoms with Crippen molar-refractivity contribution in [3.8, 4) is 11.4 Å². The molecule has 31 heavy (non-hydrogen) atoms. The molecule has 0 aliphatic heterocycles. The fourth-order valence-electron chi connectivity index (χ4n) is 3.80. The summed E-state index contributed by atoms with van der Waals surface area (Å²) < 4.78 is 5.66. The normalized spacial score (nSPS) is 11.4. The van der Waals surface area contributed by atoms with Crippen molar-refractivity contribution in [2.75, 3.05) is 0 Å². The van der Waals surface area contributed by atoms with E-state index in [2.05, 4.69) is 40.1 Å². The number of benzene rings is 2. The van der Waals surface area contributed by atoms with E-state index < -0.39 is 0 Å². The van der Waals surface area contributed by atoms with Gasteiger partial charge in [0.25, 0.3) is 5.22 Å². The average molecular weight is 428 g/mol. The third-order valence-electron chi connectivity index (χ3n) is 5.27. The van der Waals surface area contributed by atoms with Gasteiger partial charge < -0.3 is 9.40 Å². The van der Waals surface area contributed by atoms with Crippen molar-refractivity contribution in [2.45, 2.75) is 31.4 Å². The number of nitrogens with zero attached hydrogens (tertiary/aromatic N) is 2. The summed E-state index contributed by atoms with van der Waals surface area (Å²) in [5.74, 6) is 0. The highest BCUT2D eigenvalue weighted by atomic mass is 32.2. The lowest BCUT2D eigenvalue weighted by Gasteiger charge is -2.05. The monoisotopic (exact) mass is 427 g/mol. The van der Waals surface area contributed by atoms with E-state index in [4.69, 9.17) is 4.42 Å². The number of aryl methyl sites for hydroxylation is 2. The summed E-state index contributed by atoms with van der Waals surface area (Å²) in [6.45, 7) is 2.09. The van der Waals surface area contributed by atoms with Gasteiger partial charge in [0.1, 0.15) is 5.52 Å². The van der Waals surface area contributed by atoms with Crippen LogP contribution in [0.4, 0.5) is 0 Å². The molecule has 0 spiro atoms. The number of aromatic amines is 1. The molecule has 2 aromatic carbocycles. The zero-order valence-electron chi connectivity index (χ0n) is 17.1. The summed E-state index contributed by atoms with van der Waals surface area (Å²) in [5, 5.41) is 1.66. The molecule has 1 N–H and O–H groups in total. The molecule has 5 rings (SSSR count). The molecule has 154 valence electrons. The van der Waals surface area contributed by atoms with Crippen LogP contribution in [0.2, 0.25) is 0 Å². The Kier molecular flexibility index (Phi) is 5.30. The van der Waals surface area contributed by atoms with Crippen molar-refractivity contribution in [2.24, 2.45) is 0 Å². The van der Waals surface area contributed by atoms with Crippen molar-refractivity contribution in [3.63, 3.8) is 0 Å². The smallest absolute Gasteiger partial charge is 0.264 e. The molecule has 0 saturated carbocycles. The number of hydrogen-bond acceptors (Lipinski definition) is 5. The minimum atomic E-state index is 0.0574. The highest BCUT2D eigenvalue weighted by molar-refractivity contribution is 8.13. The second-order valence-corrected chi connectivity index (χ2v) is 8.53. The van der Waals surface area contributed by atoms with Gasteiger partial charge in [-0.25, -0.2) is 4.98 Å². The summed E-state index contributed by atoms with van der Waals surface area (Å²) in [6, 6.07) is 19.9. The zero-order chi connectivity index (χ0) is 21.2. The Morgan fingerprint density at radius 2 is 1.97 bits per heavy atom. The van der Waals surface area contributed by atoms with Gasteiger partial charge in [-0.05, 0) is 61.7 Å². The lowest BCUT2D eigenvalue weighted by molar-refractivity contribution is -0.111. The van der Waals surface area contributed by atoms with E-state index in [-0.39, 0.29) is 5.12 Å². The van der Waals surface area contributed by atoms with Crippen LogP contribution in [0.3, 0.4) is 0 Å². The first kappa shape index (κ1) is 19.6. The second-order valence-electron chi connectivity index (χ2n) is 7.52. The van der Waals surface area contributed by atoms with Gasteiger partial charge in [0.15, 0.2) is 10.7 Å². The Morgan fingerprint density at radius 1 is 1.10 bits per heavy atom. The number of oxazole rings is 1. The largest absolute Gasteiger partial charge is 0.431 e. The number of fused-ring (bicyclic) bond motifs is 2. The van der Waals surface area contributed by atoms with Gasteiger partial charge in [-0.3, -0.25) is 9.78 Å². The molecule has 5 nitrogen and oxygen atoms in total. The molecule has 0 unspecified atom stereocenters. The number of aromatic nitrogens is 3. The predicted octanol–water partition coefficient (Wildman–Crippen LogP) is 6.32. The number of thioether (sulfide) groups is 1. The van der Waals surface area contributed by atoms with Gasteiger partial charge in [0, 0.05) is 35.3 Å². The fourth-order valence-corrected chi connectivity index (χ4v) is 4.52. The van der Waals surface area contributed by atoms with Crippen molar-refractivity contribution >= 4 is 38.9 Å². The molecule has 0 atom stereocenters.